The van der Waals surface area contributed by atoms with Gasteiger partial charge in [-0.1, -0.05) is 60.3 Å². The Labute approximate surface area is 181 Å². The van der Waals surface area contributed by atoms with Crippen LogP contribution in [0.4, 0.5) is 0 Å². The molecule has 3 aromatic rings. The third-order valence-corrected chi connectivity index (χ3v) is 6.25. The number of hydrogen-bond acceptors (Lipinski definition) is 5. The van der Waals surface area contributed by atoms with Gasteiger partial charge in [-0.2, -0.15) is 0 Å². The van der Waals surface area contributed by atoms with E-state index in [2.05, 4.69) is 32.2 Å². The lowest BCUT2D eigenvalue weighted by molar-refractivity contribution is -0.120. The van der Waals surface area contributed by atoms with Crippen LogP contribution >= 0.6 is 11.8 Å². The van der Waals surface area contributed by atoms with Crippen molar-refractivity contribution >= 4 is 17.7 Å². The molecule has 7 heteroatoms. The van der Waals surface area contributed by atoms with Gasteiger partial charge in [0.15, 0.2) is 5.16 Å². The van der Waals surface area contributed by atoms with Gasteiger partial charge in [0.05, 0.1) is 18.9 Å². The third-order valence-electron chi connectivity index (χ3n) is 5.17. The zero-order valence-corrected chi connectivity index (χ0v) is 18.1. The zero-order chi connectivity index (χ0) is 20.9. The van der Waals surface area contributed by atoms with Crippen LogP contribution in [0, 0.1) is 0 Å². The number of aromatic nitrogens is 3. The van der Waals surface area contributed by atoms with E-state index in [0.29, 0.717) is 12.5 Å². The largest absolute Gasteiger partial charge is 0.496 e. The van der Waals surface area contributed by atoms with Gasteiger partial charge in [-0.25, -0.2) is 0 Å². The first-order valence-electron chi connectivity index (χ1n) is 10.2. The first-order chi connectivity index (χ1) is 14.7. The minimum atomic E-state index is -0.287. The maximum Gasteiger partial charge on any atom is 0.233 e. The van der Waals surface area contributed by atoms with Crippen LogP contribution in [-0.4, -0.2) is 33.0 Å². The standard InChI is InChI=1S/C23H26N4O2S/c1-16(22(28)24-14-19-10-6-7-11-20(19)29-2)30-23-26-25-21(18-12-13-18)27(23)15-17-8-4-3-5-9-17/h3-11,16,18H,12-15H2,1-2H3,(H,24,28)/t16-/m0/s1. The van der Waals surface area contributed by atoms with E-state index in [-0.39, 0.29) is 11.2 Å². The predicted molar refractivity (Wildman–Crippen MR) is 118 cm³/mol. The van der Waals surface area contributed by atoms with Gasteiger partial charge in [-0.15, -0.1) is 10.2 Å². The average Bonchev–Trinajstić information content (AvgIpc) is 3.55. The number of benzene rings is 2. The monoisotopic (exact) mass is 422 g/mol. The van der Waals surface area contributed by atoms with Gasteiger partial charge in [0.1, 0.15) is 11.6 Å². The van der Waals surface area contributed by atoms with Crippen LogP contribution < -0.4 is 10.1 Å². The maximum absolute atomic E-state index is 12.7. The summed E-state index contributed by atoms with van der Waals surface area (Å²) in [6.45, 7) is 3.05. The molecule has 1 saturated carbocycles. The van der Waals surface area contributed by atoms with Crippen LogP contribution in [0.3, 0.4) is 0 Å². The molecule has 1 fully saturated rings. The molecule has 0 spiro atoms. The summed E-state index contributed by atoms with van der Waals surface area (Å²) in [5, 5.41) is 12.4. The Balaban J connectivity index is 1.43. The van der Waals surface area contributed by atoms with Crippen LogP contribution in [0.2, 0.25) is 0 Å². The molecular formula is C23H26N4O2S. The molecule has 156 valence electrons. The fraction of sp³-hybridized carbons (Fsp3) is 0.348. The van der Waals surface area contributed by atoms with Crippen LogP contribution in [0.1, 0.15) is 42.6 Å². The molecule has 1 aliphatic rings. The van der Waals surface area contributed by atoms with Crippen LogP contribution in [0.25, 0.3) is 0 Å². The summed E-state index contributed by atoms with van der Waals surface area (Å²) in [7, 11) is 1.64. The lowest BCUT2D eigenvalue weighted by Gasteiger charge is -2.15. The molecule has 0 unspecified atom stereocenters. The molecule has 6 nitrogen and oxygen atoms in total. The fourth-order valence-corrected chi connectivity index (χ4v) is 4.21. The second kappa shape index (κ2) is 9.34. The molecule has 1 aromatic heterocycles. The summed E-state index contributed by atoms with van der Waals surface area (Å²) in [5.41, 5.74) is 2.16. The van der Waals surface area contributed by atoms with E-state index < -0.39 is 0 Å². The smallest absolute Gasteiger partial charge is 0.233 e. The van der Waals surface area contributed by atoms with Crippen LogP contribution in [0.15, 0.2) is 59.8 Å². The van der Waals surface area contributed by atoms with E-state index in [0.717, 1.165) is 41.7 Å². The molecule has 1 heterocycles. The minimum Gasteiger partial charge on any atom is -0.496 e. The zero-order valence-electron chi connectivity index (χ0n) is 17.2. The van der Waals surface area contributed by atoms with Crippen LogP contribution in [0.5, 0.6) is 5.75 Å². The van der Waals surface area contributed by atoms with E-state index in [9.17, 15) is 4.79 Å². The van der Waals surface area contributed by atoms with Crippen molar-refractivity contribution in [3.63, 3.8) is 0 Å². The summed E-state index contributed by atoms with van der Waals surface area (Å²) in [4.78, 5) is 12.7. The topological polar surface area (TPSA) is 69.0 Å². The number of nitrogens with one attached hydrogen (secondary N) is 1. The summed E-state index contributed by atoms with van der Waals surface area (Å²) in [6.07, 6.45) is 2.32. The van der Waals surface area contributed by atoms with Crippen molar-refractivity contribution in [2.45, 2.75) is 49.2 Å². The quantitative estimate of drug-likeness (QED) is 0.528. The van der Waals surface area contributed by atoms with Gasteiger partial charge in [0.2, 0.25) is 5.91 Å². The van der Waals surface area contributed by atoms with Crippen molar-refractivity contribution in [3.8, 4) is 5.75 Å². The van der Waals surface area contributed by atoms with Gasteiger partial charge in [-0.05, 0) is 31.4 Å². The van der Waals surface area contributed by atoms with Gasteiger partial charge < -0.3 is 14.6 Å². The average molecular weight is 423 g/mol. The molecule has 30 heavy (non-hydrogen) atoms. The number of amides is 1. The van der Waals surface area contributed by atoms with Gasteiger partial charge >= 0.3 is 0 Å². The van der Waals surface area contributed by atoms with Crippen molar-refractivity contribution < 1.29 is 9.53 Å². The maximum atomic E-state index is 12.7. The highest BCUT2D eigenvalue weighted by atomic mass is 32.2. The fourth-order valence-electron chi connectivity index (χ4n) is 3.33. The highest BCUT2D eigenvalue weighted by Gasteiger charge is 2.31. The Morgan fingerprint density at radius 3 is 2.63 bits per heavy atom. The Kier molecular flexibility index (Phi) is 6.38. The Morgan fingerprint density at radius 2 is 1.90 bits per heavy atom. The molecule has 1 atom stereocenters. The van der Waals surface area contributed by atoms with Gasteiger partial charge in [-0.3, -0.25) is 4.79 Å². The third kappa shape index (κ3) is 4.84. The molecule has 1 aliphatic carbocycles. The van der Waals surface area contributed by atoms with Crippen molar-refractivity contribution in [1.29, 1.82) is 0 Å². The number of methoxy groups -OCH3 is 1. The Hall–Kier alpha value is -2.80. The van der Waals surface area contributed by atoms with E-state index in [1.165, 1.54) is 17.3 Å². The van der Waals surface area contributed by atoms with E-state index in [1.807, 2.05) is 49.4 Å². The molecule has 1 amide bonds. The van der Waals surface area contributed by atoms with E-state index >= 15 is 0 Å². The number of ether oxygens (including phenoxy) is 1. The van der Waals surface area contributed by atoms with Gasteiger partial charge in [0.25, 0.3) is 0 Å². The Morgan fingerprint density at radius 1 is 1.17 bits per heavy atom. The van der Waals surface area contributed by atoms with Gasteiger partial charge in [0, 0.05) is 18.0 Å². The Bertz CT molecular complexity index is 1000. The van der Waals surface area contributed by atoms with Crippen molar-refractivity contribution in [3.05, 3.63) is 71.5 Å². The molecule has 1 N–H and O–H groups in total. The summed E-state index contributed by atoms with van der Waals surface area (Å²) >= 11 is 1.45. The lowest BCUT2D eigenvalue weighted by atomic mass is 10.2. The predicted octanol–water partition coefficient (Wildman–Crippen LogP) is 4.01. The second-order valence-corrected chi connectivity index (χ2v) is 8.78. The summed E-state index contributed by atoms with van der Waals surface area (Å²) in [5.74, 6) is 2.26. The van der Waals surface area contributed by atoms with Crippen molar-refractivity contribution in [1.82, 2.24) is 20.1 Å². The molecule has 0 bridgehead atoms. The number of para-hydroxylation sites is 1. The van der Waals surface area contributed by atoms with Crippen molar-refractivity contribution in [2.24, 2.45) is 0 Å². The first-order valence-corrected chi connectivity index (χ1v) is 11.1. The first kappa shape index (κ1) is 20.5. The highest BCUT2D eigenvalue weighted by Crippen LogP contribution is 2.40. The summed E-state index contributed by atoms with van der Waals surface area (Å²) < 4.78 is 7.53. The number of nitrogens with zero attached hydrogens (tertiary/aromatic N) is 3. The molecular weight excluding hydrogens is 396 g/mol. The SMILES string of the molecule is COc1ccccc1CNC(=O)[C@H](C)Sc1nnc(C2CC2)n1Cc1ccccc1. The second-order valence-electron chi connectivity index (χ2n) is 7.48. The minimum absolute atomic E-state index is 0.0341. The number of rotatable bonds is 9. The number of carbonyl (C=O) groups excluding carboxylic acids is 1. The van der Waals surface area contributed by atoms with Crippen molar-refractivity contribution in [2.75, 3.05) is 7.11 Å². The lowest BCUT2D eigenvalue weighted by Crippen LogP contribution is -2.30. The normalized spacial score (nSPS) is 14.3. The number of hydrogen-bond donors (Lipinski definition) is 1. The molecule has 4 rings (SSSR count). The molecule has 0 radical (unpaired) electrons. The molecule has 0 saturated heterocycles. The van der Waals surface area contributed by atoms with Crippen LogP contribution in [-0.2, 0) is 17.9 Å². The number of carbonyl (C=O) groups is 1. The molecule has 2 aromatic carbocycles. The number of thioether (sulfide) groups is 1. The van der Waals surface area contributed by atoms with E-state index in [4.69, 9.17) is 4.74 Å². The highest BCUT2D eigenvalue weighted by molar-refractivity contribution is 8.00. The molecule has 0 aliphatic heterocycles. The van der Waals surface area contributed by atoms with E-state index in [1.54, 1.807) is 7.11 Å². The summed E-state index contributed by atoms with van der Waals surface area (Å²) in [6, 6.07) is 18.0.